The number of rotatable bonds is 7. The van der Waals surface area contributed by atoms with E-state index in [1.807, 2.05) is 25.2 Å². The Morgan fingerprint density at radius 1 is 1.19 bits per heavy atom. The Kier molecular flexibility index (Phi) is 5.83. The molecule has 0 saturated heterocycles. The van der Waals surface area contributed by atoms with Crippen molar-refractivity contribution in [2.75, 3.05) is 27.0 Å². The number of hydrogen-bond acceptors (Lipinski definition) is 6. The summed E-state index contributed by atoms with van der Waals surface area (Å²) >= 11 is 1.66. The molecule has 5 nitrogen and oxygen atoms in total. The van der Waals surface area contributed by atoms with Crippen LogP contribution in [0.25, 0.3) is 0 Å². The van der Waals surface area contributed by atoms with E-state index in [9.17, 15) is 0 Å². The van der Waals surface area contributed by atoms with Crippen LogP contribution in [0.1, 0.15) is 11.6 Å². The van der Waals surface area contributed by atoms with Crippen molar-refractivity contribution in [1.29, 1.82) is 0 Å². The van der Waals surface area contributed by atoms with Crippen molar-refractivity contribution in [2.24, 2.45) is 0 Å². The van der Waals surface area contributed by atoms with Gasteiger partial charge in [-0.1, -0.05) is 6.07 Å². The van der Waals surface area contributed by atoms with E-state index in [4.69, 9.17) is 9.47 Å². The van der Waals surface area contributed by atoms with Crippen molar-refractivity contribution in [2.45, 2.75) is 11.1 Å². The molecule has 1 aromatic heterocycles. The van der Waals surface area contributed by atoms with Crippen molar-refractivity contribution in [1.82, 2.24) is 15.3 Å². The van der Waals surface area contributed by atoms with Crippen LogP contribution in [0.5, 0.6) is 11.5 Å². The van der Waals surface area contributed by atoms with Gasteiger partial charge in [0.1, 0.15) is 5.03 Å². The molecule has 0 spiro atoms. The summed E-state index contributed by atoms with van der Waals surface area (Å²) in [4.78, 5) is 8.34. The van der Waals surface area contributed by atoms with Gasteiger partial charge in [-0.2, -0.15) is 0 Å². The van der Waals surface area contributed by atoms with Gasteiger partial charge in [0, 0.05) is 24.2 Å². The first kappa shape index (κ1) is 15.6. The van der Waals surface area contributed by atoms with Crippen molar-refractivity contribution >= 4 is 11.8 Å². The highest BCUT2D eigenvalue weighted by Crippen LogP contribution is 2.31. The number of ether oxygens (including phenoxy) is 2. The number of hydrogen-bond donors (Lipinski definition) is 1. The molecule has 21 heavy (non-hydrogen) atoms. The smallest absolute Gasteiger partial charge is 0.161 e. The monoisotopic (exact) mass is 305 g/mol. The van der Waals surface area contributed by atoms with Crippen LogP contribution in [0.2, 0.25) is 0 Å². The van der Waals surface area contributed by atoms with E-state index in [-0.39, 0.29) is 6.04 Å². The van der Waals surface area contributed by atoms with Crippen LogP contribution >= 0.6 is 11.8 Å². The van der Waals surface area contributed by atoms with E-state index in [2.05, 4.69) is 15.3 Å². The fourth-order valence-electron chi connectivity index (χ4n) is 1.94. The van der Waals surface area contributed by atoms with Crippen LogP contribution < -0.4 is 14.8 Å². The summed E-state index contributed by atoms with van der Waals surface area (Å²) in [6.07, 6.45) is 5.15. The van der Waals surface area contributed by atoms with Gasteiger partial charge in [0.05, 0.1) is 20.4 Å². The number of nitrogens with zero attached hydrogens (tertiary/aromatic N) is 2. The molecule has 1 atom stereocenters. The lowest BCUT2D eigenvalue weighted by atomic mass is 10.1. The molecule has 0 saturated carbocycles. The Morgan fingerprint density at radius 3 is 2.62 bits per heavy atom. The molecule has 0 fully saturated rings. The standard InChI is InChI=1S/C15H19N3O2S/c1-16-12(10-21-15-9-17-6-7-18-15)11-4-5-13(19-2)14(8-11)20-3/h4-9,12,16H,10H2,1-3H3. The van der Waals surface area contributed by atoms with Crippen LogP contribution in [0.3, 0.4) is 0 Å². The molecular formula is C15H19N3O2S. The second-order valence-electron chi connectivity index (χ2n) is 4.31. The minimum Gasteiger partial charge on any atom is -0.493 e. The van der Waals surface area contributed by atoms with Crippen LogP contribution in [0.4, 0.5) is 0 Å². The zero-order valence-electron chi connectivity index (χ0n) is 12.4. The van der Waals surface area contributed by atoms with Gasteiger partial charge >= 0.3 is 0 Å². The summed E-state index contributed by atoms with van der Waals surface area (Å²) in [5.41, 5.74) is 1.14. The average molecular weight is 305 g/mol. The molecule has 2 rings (SSSR count). The molecule has 1 unspecified atom stereocenters. The van der Waals surface area contributed by atoms with Crippen LogP contribution in [0.15, 0.2) is 41.8 Å². The molecule has 1 N–H and O–H groups in total. The molecule has 0 amide bonds. The Labute approximate surface area is 129 Å². The van der Waals surface area contributed by atoms with Gasteiger partial charge in [0.25, 0.3) is 0 Å². The fourth-order valence-corrected chi connectivity index (χ4v) is 2.91. The van der Waals surface area contributed by atoms with Crippen LogP contribution in [-0.2, 0) is 0 Å². The topological polar surface area (TPSA) is 56.3 Å². The molecule has 6 heteroatoms. The van der Waals surface area contributed by atoms with E-state index < -0.39 is 0 Å². The highest BCUT2D eigenvalue weighted by atomic mass is 32.2. The lowest BCUT2D eigenvalue weighted by Crippen LogP contribution is -2.18. The summed E-state index contributed by atoms with van der Waals surface area (Å²) in [7, 11) is 5.22. The predicted molar refractivity (Wildman–Crippen MR) is 84.1 cm³/mol. The molecule has 0 aliphatic heterocycles. The predicted octanol–water partition coefficient (Wildman–Crippen LogP) is 2.55. The van der Waals surface area contributed by atoms with E-state index in [0.717, 1.165) is 27.8 Å². The van der Waals surface area contributed by atoms with Gasteiger partial charge in [-0.3, -0.25) is 4.98 Å². The third-order valence-corrected chi connectivity index (χ3v) is 4.10. The average Bonchev–Trinajstić information content (AvgIpc) is 2.56. The lowest BCUT2D eigenvalue weighted by Gasteiger charge is -2.18. The van der Waals surface area contributed by atoms with E-state index in [1.165, 1.54) is 0 Å². The van der Waals surface area contributed by atoms with E-state index >= 15 is 0 Å². The largest absolute Gasteiger partial charge is 0.493 e. The normalized spacial score (nSPS) is 12.0. The third-order valence-electron chi connectivity index (χ3n) is 3.10. The number of methoxy groups -OCH3 is 2. The van der Waals surface area contributed by atoms with Gasteiger partial charge in [-0.15, -0.1) is 11.8 Å². The van der Waals surface area contributed by atoms with E-state index in [0.29, 0.717) is 0 Å². The minimum absolute atomic E-state index is 0.191. The number of nitrogens with one attached hydrogen (secondary N) is 1. The van der Waals surface area contributed by atoms with Crippen molar-refractivity contribution in [3.63, 3.8) is 0 Å². The molecule has 112 valence electrons. The van der Waals surface area contributed by atoms with Gasteiger partial charge in [0.2, 0.25) is 0 Å². The summed E-state index contributed by atoms with van der Waals surface area (Å²) in [5.74, 6) is 2.32. The van der Waals surface area contributed by atoms with Crippen LogP contribution in [-0.4, -0.2) is 37.0 Å². The van der Waals surface area contributed by atoms with Crippen LogP contribution in [0, 0.1) is 0 Å². The molecule has 1 aromatic carbocycles. The molecule has 0 radical (unpaired) electrons. The van der Waals surface area contributed by atoms with E-state index in [1.54, 1.807) is 44.6 Å². The van der Waals surface area contributed by atoms with Crippen molar-refractivity contribution < 1.29 is 9.47 Å². The second kappa shape index (κ2) is 7.85. The highest BCUT2D eigenvalue weighted by molar-refractivity contribution is 7.99. The summed E-state index contributed by atoms with van der Waals surface area (Å²) in [6, 6.07) is 6.15. The first-order chi connectivity index (χ1) is 10.3. The Bertz CT molecular complexity index is 566. The third kappa shape index (κ3) is 4.09. The van der Waals surface area contributed by atoms with Gasteiger partial charge in [0.15, 0.2) is 11.5 Å². The fraction of sp³-hybridized carbons (Fsp3) is 0.333. The molecule has 0 bridgehead atoms. The maximum Gasteiger partial charge on any atom is 0.161 e. The van der Waals surface area contributed by atoms with Gasteiger partial charge < -0.3 is 14.8 Å². The zero-order chi connectivity index (χ0) is 15.1. The maximum absolute atomic E-state index is 5.35. The van der Waals surface area contributed by atoms with Crippen molar-refractivity contribution in [3.05, 3.63) is 42.4 Å². The van der Waals surface area contributed by atoms with Gasteiger partial charge in [-0.05, 0) is 24.7 Å². The summed E-state index contributed by atoms with van der Waals surface area (Å²) < 4.78 is 10.6. The first-order valence-corrected chi connectivity index (χ1v) is 7.55. The lowest BCUT2D eigenvalue weighted by molar-refractivity contribution is 0.354. The number of aromatic nitrogens is 2. The molecule has 1 heterocycles. The minimum atomic E-state index is 0.191. The molecule has 2 aromatic rings. The number of thioether (sulfide) groups is 1. The van der Waals surface area contributed by atoms with Crippen molar-refractivity contribution in [3.8, 4) is 11.5 Å². The Hall–Kier alpha value is -1.79. The van der Waals surface area contributed by atoms with Gasteiger partial charge in [-0.25, -0.2) is 4.98 Å². The second-order valence-corrected chi connectivity index (χ2v) is 5.35. The summed E-state index contributed by atoms with van der Waals surface area (Å²) in [6.45, 7) is 0. The summed E-state index contributed by atoms with van der Waals surface area (Å²) in [5, 5.41) is 4.23. The molecule has 0 aliphatic carbocycles. The SMILES string of the molecule is CNC(CSc1cnccn1)c1ccc(OC)c(OC)c1. The molecule has 0 aliphatic rings. The highest BCUT2D eigenvalue weighted by Gasteiger charge is 2.13. The maximum atomic E-state index is 5.35. The Morgan fingerprint density at radius 2 is 2.00 bits per heavy atom. The zero-order valence-corrected chi connectivity index (χ0v) is 13.2. The number of benzene rings is 1. The molecular weight excluding hydrogens is 286 g/mol. The first-order valence-electron chi connectivity index (χ1n) is 6.56. The quantitative estimate of drug-likeness (QED) is 0.793. The Balaban J connectivity index is 2.10.